The molecule has 0 saturated carbocycles. The molecule has 0 amide bonds. The molecule has 1 fully saturated rings. The van der Waals surface area contributed by atoms with Crippen LogP contribution in [-0.2, 0) is 9.47 Å². The first-order chi connectivity index (χ1) is 7.74. The van der Waals surface area contributed by atoms with Gasteiger partial charge in [-0.1, -0.05) is 0 Å². The fourth-order valence-corrected chi connectivity index (χ4v) is 2.11. The zero-order chi connectivity index (χ0) is 11.8. The standard InChI is InChI=1S/C13H27NO2/c1-4-15-10-5-11-16-13-6-8-14(9-7-13)12(2)3/h12-13H,4-11H2,1-3H3. The smallest absolute Gasteiger partial charge is 0.0599 e. The summed E-state index contributed by atoms with van der Waals surface area (Å²) >= 11 is 0. The number of nitrogens with zero attached hydrogens (tertiary/aromatic N) is 1. The SMILES string of the molecule is CCOCCCOC1CCN(C(C)C)CC1. The van der Waals surface area contributed by atoms with E-state index in [9.17, 15) is 0 Å². The molecule has 0 N–H and O–H groups in total. The summed E-state index contributed by atoms with van der Waals surface area (Å²) in [6.45, 7) is 11.4. The van der Waals surface area contributed by atoms with E-state index in [1.54, 1.807) is 0 Å². The molecule has 3 heteroatoms. The maximum Gasteiger partial charge on any atom is 0.0599 e. The third-order valence-corrected chi connectivity index (χ3v) is 3.20. The lowest BCUT2D eigenvalue weighted by Crippen LogP contribution is -2.41. The van der Waals surface area contributed by atoms with Gasteiger partial charge in [0.25, 0.3) is 0 Å². The Hall–Kier alpha value is -0.120. The Morgan fingerprint density at radius 2 is 1.88 bits per heavy atom. The Kier molecular flexibility index (Phi) is 7.01. The van der Waals surface area contributed by atoms with Crippen LogP contribution in [0.5, 0.6) is 0 Å². The van der Waals surface area contributed by atoms with E-state index in [2.05, 4.69) is 18.7 Å². The molecule has 0 radical (unpaired) electrons. The number of piperidine rings is 1. The number of rotatable bonds is 7. The van der Waals surface area contributed by atoms with Crippen molar-refractivity contribution in [3.63, 3.8) is 0 Å². The molecule has 1 heterocycles. The molecule has 0 bridgehead atoms. The number of likely N-dealkylation sites (tertiary alicyclic amines) is 1. The lowest BCUT2D eigenvalue weighted by atomic mass is 10.1. The molecule has 0 spiro atoms. The normalized spacial score (nSPS) is 19.5. The van der Waals surface area contributed by atoms with Crippen molar-refractivity contribution in [3.05, 3.63) is 0 Å². The second kappa shape index (κ2) is 8.04. The molecule has 0 aromatic carbocycles. The zero-order valence-electron chi connectivity index (χ0n) is 11.1. The monoisotopic (exact) mass is 229 g/mol. The Labute approximate surface area is 100 Å². The molecule has 16 heavy (non-hydrogen) atoms. The molecule has 0 aliphatic carbocycles. The highest BCUT2D eigenvalue weighted by atomic mass is 16.5. The van der Waals surface area contributed by atoms with Crippen LogP contribution in [0, 0.1) is 0 Å². The van der Waals surface area contributed by atoms with E-state index in [4.69, 9.17) is 9.47 Å². The maximum absolute atomic E-state index is 5.85. The van der Waals surface area contributed by atoms with Crippen LogP contribution in [0.15, 0.2) is 0 Å². The third kappa shape index (κ3) is 5.28. The van der Waals surface area contributed by atoms with Gasteiger partial charge in [-0.3, -0.25) is 0 Å². The van der Waals surface area contributed by atoms with Gasteiger partial charge < -0.3 is 14.4 Å². The predicted octanol–water partition coefficient (Wildman–Crippen LogP) is 2.30. The van der Waals surface area contributed by atoms with Gasteiger partial charge in [-0.15, -0.1) is 0 Å². The molecule has 1 aliphatic rings. The van der Waals surface area contributed by atoms with Crippen molar-refractivity contribution in [1.82, 2.24) is 4.90 Å². The van der Waals surface area contributed by atoms with E-state index in [1.807, 2.05) is 6.92 Å². The average Bonchev–Trinajstić information content (AvgIpc) is 2.29. The van der Waals surface area contributed by atoms with Crippen molar-refractivity contribution in [2.75, 3.05) is 32.9 Å². The fraction of sp³-hybridized carbons (Fsp3) is 1.00. The summed E-state index contributed by atoms with van der Waals surface area (Å²) in [5.41, 5.74) is 0. The van der Waals surface area contributed by atoms with Crippen LogP contribution in [0.1, 0.15) is 40.0 Å². The van der Waals surface area contributed by atoms with Crippen LogP contribution < -0.4 is 0 Å². The molecule has 0 atom stereocenters. The fourth-order valence-electron chi connectivity index (χ4n) is 2.11. The Morgan fingerprint density at radius 3 is 2.44 bits per heavy atom. The van der Waals surface area contributed by atoms with Crippen molar-refractivity contribution in [3.8, 4) is 0 Å². The van der Waals surface area contributed by atoms with Crippen molar-refractivity contribution >= 4 is 0 Å². The topological polar surface area (TPSA) is 21.7 Å². The minimum Gasteiger partial charge on any atom is -0.382 e. The highest BCUT2D eigenvalue weighted by Crippen LogP contribution is 2.15. The molecule has 96 valence electrons. The molecule has 0 unspecified atom stereocenters. The van der Waals surface area contributed by atoms with Gasteiger partial charge in [0.1, 0.15) is 0 Å². The number of hydrogen-bond donors (Lipinski definition) is 0. The van der Waals surface area contributed by atoms with Crippen LogP contribution in [0.25, 0.3) is 0 Å². The lowest BCUT2D eigenvalue weighted by Gasteiger charge is -2.34. The van der Waals surface area contributed by atoms with E-state index in [-0.39, 0.29) is 0 Å². The van der Waals surface area contributed by atoms with E-state index >= 15 is 0 Å². The highest BCUT2D eigenvalue weighted by molar-refractivity contribution is 4.74. The van der Waals surface area contributed by atoms with Crippen LogP contribution in [-0.4, -0.2) is 50.0 Å². The number of hydrogen-bond acceptors (Lipinski definition) is 3. The second-order valence-corrected chi connectivity index (χ2v) is 4.75. The minimum absolute atomic E-state index is 0.483. The molecule has 3 nitrogen and oxygen atoms in total. The van der Waals surface area contributed by atoms with Gasteiger partial charge in [0.2, 0.25) is 0 Å². The molecule has 1 saturated heterocycles. The summed E-state index contributed by atoms with van der Waals surface area (Å²) in [4.78, 5) is 2.53. The van der Waals surface area contributed by atoms with E-state index in [0.717, 1.165) is 26.2 Å². The Bertz CT molecular complexity index is 165. The molecular formula is C13H27NO2. The summed E-state index contributed by atoms with van der Waals surface area (Å²) in [6.07, 6.45) is 3.88. The molecule has 1 aliphatic heterocycles. The van der Waals surface area contributed by atoms with Gasteiger partial charge in [0, 0.05) is 39.0 Å². The van der Waals surface area contributed by atoms with Gasteiger partial charge in [0.15, 0.2) is 0 Å². The van der Waals surface area contributed by atoms with Gasteiger partial charge in [0.05, 0.1) is 6.10 Å². The first kappa shape index (κ1) is 13.9. The van der Waals surface area contributed by atoms with Crippen LogP contribution in [0.2, 0.25) is 0 Å². The van der Waals surface area contributed by atoms with Crippen molar-refractivity contribution in [1.29, 1.82) is 0 Å². The Balaban J connectivity index is 1.99. The summed E-state index contributed by atoms with van der Waals surface area (Å²) < 4.78 is 11.1. The highest BCUT2D eigenvalue weighted by Gasteiger charge is 2.20. The quantitative estimate of drug-likeness (QED) is 0.625. The van der Waals surface area contributed by atoms with Crippen LogP contribution >= 0.6 is 0 Å². The van der Waals surface area contributed by atoms with Crippen molar-refractivity contribution in [2.45, 2.75) is 52.2 Å². The summed E-state index contributed by atoms with van der Waals surface area (Å²) in [5.74, 6) is 0. The molecular weight excluding hydrogens is 202 g/mol. The summed E-state index contributed by atoms with van der Waals surface area (Å²) in [6, 6.07) is 0.680. The van der Waals surface area contributed by atoms with E-state index in [0.29, 0.717) is 12.1 Å². The first-order valence-electron chi connectivity index (χ1n) is 6.67. The number of ether oxygens (including phenoxy) is 2. The van der Waals surface area contributed by atoms with Gasteiger partial charge in [-0.05, 0) is 40.0 Å². The predicted molar refractivity (Wildman–Crippen MR) is 66.8 cm³/mol. The summed E-state index contributed by atoms with van der Waals surface area (Å²) in [7, 11) is 0. The van der Waals surface area contributed by atoms with E-state index in [1.165, 1.54) is 25.9 Å². The minimum atomic E-state index is 0.483. The van der Waals surface area contributed by atoms with Crippen LogP contribution in [0.4, 0.5) is 0 Å². The molecule has 1 rings (SSSR count). The van der Waals surface area contributed by atoms with E-state index < -0.39 is 0 Å². The first-order valence-corrected chi connectivity index (χ1v) is 6.67. The van der Waals surface area contributed by atoms with Gasteiger partial charge in [-0.25, -0.2) is 0 Å². The Morgan fingerprint density at radius 1 is 1.19 bits per heavy atom. The third-order valence-electron chi connectivity index (χ3n) is 3.20. The van der Waals surface area contributed by atoms with Crippen molar-refractivity contribution in [2.24, 2.45) is 0 Å². The van der Waals surface area contributed by atoms with Gasteiger partial charge >= 0.3 is 0 Å². The average molecular weight is 229 g/mol. The second-order valence-electron chi connectivity index (χ2n) is 4.75. The molecule has 0 aromatic heterocycles. The molecule has 0 aromatic rings. The zero-order valence-corrected chi connectivity index (χ0v) is 11.1. The lowest BCUT2D eigenvalue weighted by molar-refractivity contribution is -0.00718. The van der Waals surface area contributed by atoms with Crippen molar-refractivity contribution < 1.29 is 9.47 Å². The summed E-state index contributed by atoms with van der Waals surface area (Å²) in [5, 5.41) is 0. The van der Waals surface area contributed by atoms with Gasteiger partial charge in [-0.2, -0.15) is 0 Å². The van der Waals surface area contributed by atoms with Crippen LogP contribution in [0.3, 0.4) is 0 Å². The largest absolute Gasteiger partial charge is 0.382 e. The maximum atomic E-state index is 5.85.